The van der Waals surface area contributed by atoms with E-state index in [1.54, 1.807) is 12.1 Å². The number of aromatic nitrogens is 1. The summed E-state index contributed by atoms with van der Waals surface area (Å²) < 4.78 is 24.4. The van der Waals surface area contributed by atoms with Crippen molar-refractivity contribution in [3.05, 3.63) is 54.1 Å². The van der Waals surface area contributed by atoms with Crippen LogP contribution in [0.2, 0.25) is 0 Å². The molecule has 0 atom stereocenters. The van der Waals surface area contributed by atoms with E-state index in [2.05, 4.69) is 15.5 Å². The summed E-state index contributed by atoms with van der Waals surface area (Å²) in [5.74, 6) is -0.459. The average molecular weight is 444 g/mol. The molecule has 30 heavy (non-hydrogen) atoms. The number of oxime groups is 1. The minimum absolute atomic E-state index is 0.00876. The molecule has 1 aliphatic rings. The van der Waals surface area contributed by atoms with Crippen LogP contribution >= 0.6 is 11.3 Å². The predicted molar refractivity (Wildman–Crippen MR) is 118 cm³/mol. The molecular weight excluding hydrogens is 422 g/mol. The minimum atomic E-state index is -3.33. The summed E-state index contributed by atoms with van der Waals surface area (Å²) in [6, 6.07) is 13.7. The number of carbonyl (C=O) groups excluding carboxylic acids is 1. The number of nitrogens with zero attached hydrogens (tertiary/aromatic N) is 2. The van der Waals surface area contributed by atoms with E-state index >= 15 is 0 Å². The number of hydrogen-bond donors (Lipinski definition) is 1. The molecule has 0 spiro atoms. The normalized spacial score (nSPS) is 15.4. The zero-order chi connectivity index (χ0) is 21.1. The Morgan fingerprint density at radius 1 is 1.13 bits per heavy atom. The van der Waals surface area contributed by atoms with Crippen molar-refractivity contribution in [1.82, 2.24) is 4.98 Å². The van der Waals surface area contributed by atoms with Crippen LogP contribution in [-0.2, 0) is 19.5 Å². The highest BCUT2D eigenvalue weighted by Gasteiger charge is 2.21. The van der Waals surface area contributed by atoms with Crippen LogP contribution in [0.5, 0.6) is 0 Å². The van der Waals surface area contributed by atoms with Gasteiger partial charge in [-0.25, -0.2) is 13.4 Å². The Labute approximate surface area is 178 Å². The maximum atomic E-state index is 13.0. The van der Waals surface area contributed by atoms with Gasteiger partial charge in [0.15, 0.2) is 20.7 Å². The topological polar surface area (TPSA) is 97.7 Å². The maximum Gasteiger partial charge on any atom is 0.280 e. The third kappa shape index (κ3) is 4.68. The van der Waals surface area contributed by atoms with Crippen LogP contribution in [0.3, 0.4) is 0 Å². The van der Waals surface area contributed by atoms with Crippen LogP contribution in [0.15, 0.2) is 58.6 Å². The van der Waals surface area contributed by atoms with E-state index in [4.69, 9.17) is 4.84 Å². The zero-order valence-electron chi connectivity index (χ0n) is 16.4. The van der Waals surface area contributed by atoms with Gasteiger partial charge >= 0.3 is 0 Å². The molecule has 1 aromatic heterocycles. The van der Waals surface area contributed by atoms with Gasteiger partial charge < -0.3 is 4.84 Å². The number of anilines is 1. The molecule has 0 bridgehead atoms. The molecule has 4 rings (SSSR count). The second-order valence-electron chi connectivity index (χ2n) is 7.19. The first-order valence-electron chi connectivity index (χ1n) is 9.61. The Kier molecular flexibility index (Phi) is 5.83. The van der Waals surface area contributed by atoms with Crippen LogP contribution in [0.25, 0.3) is 10.2 Å². The van der Waals surface area contributed by atoms with Crippen molar-refractivity contribution >= 4 is 48.1 Å². The van der Waals surface area contributed by atoms with Crippen molar-refractivity contribution < 1.29 is 18.0 Å². The number of para-hydroxylation sites is 1. The van der Waals surface area contributed by atoms with Gasteiger partial charge in [0.25, 0.3) is 5.91 Å². The molecule has 1 amide bonds. The van der Waals surface area contributed by atoms with Crippen molar-refractivity contribution in [1.29, 1.82) is 0 Å². The van der Waals surface area contributed by atoms with E-state index in [0.29, 0.717) is 10.7 Å². The fourth-order valence-corrected chi connectivity index (χ4v) is 4.78. The monoisotopic (exact) mass is 443 g/mol. The lowest BCUT2D eigenvalue weighted by Crippen LogP contribution is -2.25. The second-order valence-corrected chi connectivity index (χ2v) is 10.2. The van der Waals surface area contributed by atoms with Crippen molar-refractivity contribution in [2.45, 2.75) is 36.7 Å². The molecule has 0 aliphatic heterocycles. The molecule has 156 valence electrons. The molecule has 7 nitrogen and oxygen atoms in total. The van der Waals surface area contributed by atoms with Crippen molar-refractivity contribution in [3.63, 3.8) is 0 Å². The first-order valence-corrected chi connectivity index (χ1v) is 12.3. The number of hydrogen-bond acceptors (Lipinski definition) is 7. The molecule has 1 fully saturated rings. The third-order valence-electron chi connectivity index (χ3n) is 4.88. The number of thiazole rings is 1. The molecule has 3 aromatic rings. The summed E-state index contributed by atoms with van der Waals surface area (Å²) in [6.45, 7) is 0. The Hall–Kier alpha value is -2.78. The zero-order valence-corrected chi connectivity index (χ0v) is 18.0. The molecule has 9 heteroatoms. The second kappa shape index (κ2) is 8.53. The van der Waals surface area contributed by atoms with Crippen LogP contribution < -0.4 is 5.32 Å². The summed E-state index contributed by atoms with van der Waals surface area (Å²) in [7, 11) is -3.33. The Morgan fingerprint density at radius 2 is 1.83 bits per heavy atom. The third-order valence-corrected chi connectivity index (χ3v) is 6.96. The van der Waals surface area contributed by atoms with Crippen molar-refractivity contribution in [2.24, 2.45) is 5.16 Å². The van der Waals surface area contributed by atoms with Gasteiger partial charge in [0.2, 0.25) is 0 Å². The van der Waals surface area contributed by atoms with Crippen molar-refractivity contribution in [3.8, 4) is 0 Å². The highest BCUT2D eigenvalue weighted by atomic mass is 32.2. The largest absolute Gasteiger partial charge is 0.392 e. The standard InChI is InChI=1S/C21H21N3O4S2/c1-30(26,27)16-12-10-14(11-13-16)19(24-28-15-6-2-3-7-15)20(25)23-21-22-17-8-4-5-9-18(17)29-21/h4-5,8-13,15H,2-3,6-7H2,1H3,(H,22,23,25)/b24-19+. The van der Waals surface area contributed by atoms with E-state index in [9.17, 15) is 13.2 Å². The lowest BCUT2D eigenvalue weighted by atomic mass is 10.1. The number of benzene rings is 2. The number of amides is 1. The molecule has 1 N–H and O–H groups in total. The molecule has 1 aliphatic carbocycles. The van der Waals surface area contributed by atoms with Crippen LogP contribution in [0.1, 0.15) is 31.2 Å². The van der Waals surface area contributed by atoms with Crippen LogP contribution in [-0.4, -0.2) is 37.4 Å². The molecule has 1 saturated carbocycles. The molecule has 0 saturated heterocycles. The molecular formula is C21H21N3O4S2. The number of sulfone groups is 1. The Balaban J connectivity index is 1.61. The molecule has 0 unspecified atom stereocenters. The summed E-state index contributed by atoms with van der Waals surface area (Å²) in [5, 5.41) is 7.40. The van der Waals surface area contributed by atoms with Gasteiger partial charge in [0.05, 0.1) is 15.1 Å². The Morgan fingerprint density at radius 3 is 2.50 bits per heavy atom. The van der Waals surface area contributed by atoms with Crippen LogP contribution in [0, 0.1) is 0 Å². The first-order chi connectivity index (χ1) is 14.4. The summed E-state index contributed by atoms with van der Waals surface area (Å²) >= 11 is 1.37. The minimum Gasteiger partial charge on any atom is -0.392 e. The SMILES string of the molecule is CS(=O)(=O)c1ccc(/C(=N\OC2CCCC2)C(=O)Nc2nc3ccccc3s2)cc1. The van der Waals surface area contributed by atoms with E-state index in [0.717, 1.165) is 42.2 Å². The first kappa shape index (κ1) is 20.5. The van der Waals surface area contributed by atoms with Crippen LogP contribution in [0.4, 0.5) is 5.13 Å². The van der Waals surface area contributed by atoms with Gasteiger partial charge in [-0.1, -0.05) is 40.8 Å². The van der Waals surface area contributed by atoms with Gasteiger partial charge in [-0.15, -0.1) is 0 Å². The van der Waals surface area contributed by atoms with Gasteiger partial charge in [-0.3, -0.25) is 10.1 Å². The van der Waals surface area contributed by atoms with Gasteiger partial charge in [-0.2, -0.15) is 0 Å². The van der Waals surface area contributed by atoms with Gasteiger partial charge in [-0.05, 0) is 49.9 Å². The predicted octanol–water partition coefficient (Wildman–Crippen LogP) is 4.00. The van der Waals surface area contributed by atoms with E-state index in [-0.39, 0.29) is 16.7 Å². The number of rotatable bonds is 6. The number of fused-ring (bicyclic) bond motifs is 1. The maximum absolute atomic E-state index is 13.0. The molecule has 2 aromatic carbocycles. The summed E-state index contributed by atoms with van der Waals surface area (Å²) in [5.41, 5.74) is 1.36. The fourth-order valence-electron chi connectivity index (χ4n) is 3.29. The van der Waals surface area contributed by atoms with E-state index < -0.39 is 15.7 Å². The summed E-state index contributed by atoms with van der Waals surface area (Å²) in [6.07, 6.45) is 5.10. The number of nitrogens with one attached hydrogen (secondary N) is 1. The molecule has 0 radical (unpaired) electrons. The van der Waals surface area contributed by atoms with Gasteiger partial charge in [0, 0.05) is 11.8 Å². The Bertz CT molecular complexity index is 1160. The lowest BCUT2D eigenvalue weighted by Gasteiger charge is -2.10. The van der Waals surface area contributed by atoms with Gasteiger partial charge in [0.1, 0.15) is 6.10 Å². The average Bonchev–Trinajstić information content (AvgIpc) is 3.37. The quantitative estimate of drug-likeness (QED) is 0.459. The van der Waals surface area contributed by atoms with E-state index in [1.165, 1.54) is 23.5 Å². The molecule has 1 heterocycles. The van der Waals surface area contributed by atoms with Crippen molar-refractivity contribution in [2.75, 3.05) is 11.6 Å². The van der Waals surface area contributed by atoms with E-state index in [1.807, 2.05) is 24.3 Å². The fraction of sp³-hybridized carbons (Fsp3) is 0.286. The highest BCUT2D eigenvalue weighted by molar-refractivity contribution is 7.90. The number of carbonyl (C=O) groups is 1. The smallest absolute Gasteiger partial charge is 0.280 e. The summed E-state index contributed by atoms with van der Waals surface area (Å²) in [4.78, 5) is 23.2. The highest BCUT2D eigenvalue weighted by Crippen LogP contribution is 2.26. The lowest BCUT2D eigenvalue weighted by molar-refractivity contribution is -0.110.